The van der Waals surface area contributed by atoms with Crippen LogP contribution in [-0.2, 0) is 16.3 Å². The molecule has 10 heteroatoms. The minimum atomic E-state index is -3.37. The highest BCUT2D eigenvalue weighted by Crippen LogP contribution is 2.24. The normalized spacial score (nSPS) is 11.5. The molecule has 158 valence electrons. The van der Waals surface area contributed by atoms with E-state index in [9.17, 15) is 13.2 Å². The van der Waals surface area contributed by atoms with Gasteiger partial charge < -0.3 is 21.3 Å². The molecule has 0 bridgehead atoms. The summed E-state index contributed by atoms with van der Waals surface area (Å²) >= 11 is 0. The van der Waals surface area contributed by atoms with Crippen molar-refractivity contribution in [3.05, 3.63) is 35.7 Å². The molecule has 0 saturated carbocycles. The Balaban J connectivity index is 2.36. The molecule has 29 heavy (non-hydrogen) atoms. The van der Waals surface area contributed by atoms with Crippen molar-refractivity contribution >= 4 is 33.1 Å². The Kier molecular flexibility index (Phi) is 7.52. The van der Waals surface area contributed by atoms with Crippen LogP contribution >= 0.6 is 0 Å². The summed E-state index contributed by atoms with van der Waals surface area (Å²) < 4.78 is 23.6. The predicted molar refractivity (Wildman–Crippen MR) is 114 cm³/mol. The van der Waals surface area contributed by atoms with Crippen LogP contribution in [0.15, 0.2) is 29.2 Å². The molecular formula is C19H28N6O3S. The maximum absolute atomic E-state index is 11.9. The smallest absolute Gasteiger partial charge is 0.271 e. The zero-order valence-electron chi connectivity index (χ0n) is 17.2. The average molecular weight is 421 g/mol. The van der Waals surface area contributed by atoms with Gasteiger partial charge in [-0.3, -0.25) is 4.79 Å². The third kappa shape index (κ3) is 6.40. The van der Waals surface area contributed by atoms with Crippen LogP contribution in [0.4, 0.5) is 17.3 Å². The van der Waals surface area contributed by atoms with Gasteiger partial charge in [-0.1, -0.05) is 13.0 Å². The standard InChI is InChI=1S/C19H28N6O3S/c1-5-15-18(21-10-7-11-25(2)3)24-19(16(23-15)17(20)26)22-13-8-6-9-14(12-13)29(4,27)28/h6,8-9,12H,5,7,10-11H2,1-4H3,(H2,20,26)(H2,21,22,24). The lowest BCUT2D eigenvalue weighted by molar-refractivity contribution is 0.0996. The number of anilines is 3. The number of aromatic nitrogens is 2. The molecule has 0 saturated heterocycles. The van der Waals surface area contributed by atoms with Crippen molar-refractivity contribution in [2.24, 2.45) is 5.73 Å². The van der Waals surface area contributed by atoms with Gasteiger partial charge in [-0.15, -0.1) is 0 Å². The van der Waals surface area contributed by atoms with E-state index in [1.165, 1.54) is 12.1 Å². The molecule has 0 spiro atoms. The fourth-order valence-electron chi connectivity index (χ4n) is 2.66. The molecule has 1 aromatic heterocycles. The van der Waals surface area contributed by atoms with Gasteiger partial charge in [0.15, 0.2) is 21.3 Å². The van der Waals surface area contributed by atoms with Gasteiger partial charge >= 0.3 is 0 Å². The minimum absolute atomic E-state index is 0.00505. The second-order valence-electron chi connectivity index (χ2n) is 6.94. The highest BCUT2D eigenvalue weighted by atomic mass is 32.2. The largest absolute Gasteiger partial charge is 0.368 e. The third-order valence-corrected chi connectivity index (χ3v) is 5.25. The number of aryl methyl sites for hydroxylation is 1. The Labute approximate surface area is 171 Å². The average Bonchev–Trinajstić information content (AvgIpc) is 2.64. The number of hydrogen-bond donors (Lipinski definition) is 3. The van der Waals surface area contributed by atoms with E-state index in [0.29, 0.717) is 30.2 Å². The number of primary amides is 1. The lowest BCUT2D eigenvalue weighted by atomic mass is 10.2. The second-order valence-corrected chi connectivity index (χ2v) is 8.96. The number of carbonyl (C=O) groups is 1. The van der Waals surface area contributed by atoms with Gasteiger partial charge in [0.05, 0.1) is 10.6 Å². The first-order valence-electron chi connectivity index (χ1n) is 9.28. The summed E-state index contributed by atoms with van der Waals surface area (Å²) in [4.78, 5) is 23.1. The van der Waals surface area contributed by atoms with Crippen LogP contribution < -0.4 is 16.4 Å². The molecule has 9 nitrogen and oxygen atoms in total. The highest BCUT2D eigenvalue weighted by Gasteiger charge is 2.18. The van der Waals surface area contributed by atoms with E-state index < -0.39 is 15.7 Å². The quantitative estimate of drug-likeness (QED) is 0.495. The summed E-state index contributed by atoms with van der Waals surface area (Å²) in [6.45, 7) is 3.53. The molecule has 1 amide bonds. The van der Waals surface area contributed by atoms with Crippen molar-refractivity contribution in [3.63, 3.8) is 0 Å². The van der Waals surface area contributed by atoms with Gasteiger partial charge in [-0.25, -0.2) is 18.4 Å². The van der Waals surface area contributed by atoms with Gasteiger partial charge in [0.2, 0.25) is 0 Å². The van der Waals surface area contributed by atoms with Crippen LogP contribution in [0.2, 0.25) is 0 Å². The fraction of sp³-hybridized carbons (Fsp3) is 0.421. The Hall–Kier alpha value is -2.72. The zero-order valence-corrected chi connectivity index (χ0v) is 18.0. The molecule has 4 N–H and O–H groups in total. The number of rotatable bonds is 10. The first-order valence-corrected chi connectivity index (χ1v) is 11.2. The van der Waals surface area contributed by atoms with E-state index in [-0.39, 0.29) is 16.4 Å². The van der Waals surface area contributed by atoms with Gasteiger partial charge in [0.1, 0.15) is 5.82 Å². The lowest BCUT2D eigenvalue weighted by Gasteiger charge is -2.16. The molecule has 1 heterocycles. The van der Waals surface area contributed by atoms with Crippen molar-refractivity contribution in [1.82, 2.24) is 14.9 Å². The van der Waals surface area contributed by atoms with Crippen LogP contribution in [0.1, 0.15) is 29.5 Å². The SMILES string of the molecule is CCc1nc(C(N)=O)c(Nc2cccc(S(C)(=O)=O)c2)nc1NCCCN(C)C. The minimum Gasteiger partial charge on any atom is -0.368 e. The number of hydrogen-bond acceptors (Lipinski definition) is 8. The Morgan fingerprint density at radius 1 is 1.21 bits per heavy atom. The van der Waals surface area contributed by atoms with E-state index in [1.54, 1.807) is 12.1 Å². The Morgan fingerprint density at radius 2 is 1.93 bits per heavy atom. The molecular weight excluding hydrogens is 392 g/mol. The van der Waals surface area contributed by atoms with E-state index in [2.05, 4.69) is 25.5 Å². The van der Waals surface area contributed by atoms with Gasteiger partial charge in [0, 0.05) is 18.5 Å². The van der Waals surface area contributed by atoms with Crippen molar-refractivity contribution in [2.75, 3.05) is 44.1 Å². The second kappa shape index (κ2) is 9.66. The van der Waals surface area contributed by atoms with E-state index >= 15 is 0 Å². The third-order valence-electron chi connectivity index (χ3n) is 4.14. The first-order chi connectivity index (χ1) is 13.6. The van der Waals surface area contributed by atoms with Crippen LogP contribution in [0.3, 0.4) is 0 Å². The highest BCUT2D eigenvalue weighted by molar-refractivity contribution is 7.90. The summed E-state index contributed by atoms with van der Waals surface area (Å²) in [5.41, 5.74) is 6.60. The van der Waals surface area contributed by atoms with Gasteiger partial charge in [-0.05, 0) is 51.7 Å². The van der Waals surface area contributed by atoms with E-state index in [1.807, 2.05) is 21.0 Å². The summed E-state index contributed by atoms with van der Waals surface area (Å²) in [6, 6.07) is 6.26. The van der Waals surface area contributed by atoms with Crippen molar-refractivity contribution in [3.8, 4) is 0 Å². The van der Waals surface area contributed by atoms with Gasteiger partial charge in [0.25, 0.3) is 5.91 Å². The summed E-state index contributed by atoms with van der Waals surface area (Å²) in [7, 11) is 0.642. The number of amides is 1. The monoisotopic (exact) mass is 420 g/mol. The van der Waals surface area contributed by atoms with E-state index in [0.717, 1.165) is 19.2 Å². The molecule has 0 atom stereocenters. The summed E-state index contributed by atoms with van der Waals surface area (Å²) in [6.07, 6.45) is 2.62. The fourth-order valence-corrected chi connectivity index (χ4v) is 3.33. The summed E-state index contributed by atoms with van der Waals surface area (Å²) in [5.74, 6) is 0.0293. The van der Waals surface area contributed by atoms with Crippen molar-refractivity contribution in [2.45, 2.75) is 24.7 Å². The first kappa shape index (κ1) is 22.6. The lowest BCUT2D eigenvalue weighted by Crippen LogP contribution is -2.20. The molecule has 0 aliphatic rings. The number of nitrogens with one attached hydrogen (secondary N) is 2. The topological polar surface area (TPSA) is 130 Å². The molecule has 1 aromatic carbocycles. The number of nitrogens with two attached hydrogens (primary N) is 1. The maximum atomic E-state index is 11.9. The van der Waals surface area contributed by atoms with E-state index in [4.69, 9.17) is 5.73 Å². The number of nitrogens with zero attached hydrogens (tertiary/aromatic N) is 3. The molecule has 2 rings (SSSR count). The molecule has 0 aliphatic heterocycles. The number of benzene rings is 1. The maximum Gasteiger partial charge on any atom is 0.271 e. The van der Waals surface area contributed by atoms with Crippen molar-refractivity contribution < 1.29 is 13.2 Å². The molecule has 0 fully saturated rings. The Bertz CT molecular complexity index is 976. The Morgan fingerprint density at radius 3 is 2.52 bits per heavy atom. The molecule has 0 unspecified atom stereocenters. The predicted octanol–water partition coefficient (Wildman–Crippen LogP) is 1.65. The van der Waals surface area contributed by atoms with Crippen LogP contribution in [0.25, 0.3) is 0 Å². The van der Waals surface area contributed by atoms with Crippen LogP contribution in [-0.4, -0.2) is 62.6 Å². The van der Waals surface area contributed by atoms with Gasteiger partial charge in [-0.2, -0.15) is 0 Å². The number of sulfone groups is 1. The molecule has 0 radical (unpaired) electrons. The molecule has 0 aliphatic carbocycles. The van der Waals surface area contributed by atoms with Crippen LogP contribution in [0.5, 0.6) is 0 Å². The molecule has 2 aromatic rings. The number of carbonyl (C=O) groups excluding carboxylic acids is 1. The summed E-state index contributed by atoms with van der Waals surface area (Å²) in [5, 5.41) is 6.24. The van der Waals surface area contributed by atoms with Crippen LogP contribution in [0, 0.1) is 0 Å². The van der Waals surface area contributed by atoms with Crippen molar-refractivity contribution in [1.29, 1.82) is 0 Å². The zero-order chi connectivity index (χ0) is 21.6.